The fourth-order valence-corrected chi connectivity index (χ4v) is 5.12. The lowest BCUT2D eigenvalue weighted by atomic mass is 9.88. The van der Waals surface area contributed by atoms with Crippen molar-refractivity contribution in [3.63, 3.8) is 0 Å². The summed E-state index contributed by atoms with van der Waals surface area (Å²) in [4.78, 5) is 17.5. The van der Waals surface area contributed by atoms with Crippen molar-refractivity contribution in [2.75, 3.05) is 13.2 Å². The highest BCUT2D eigenvalue weighted by Gasteiger charge is 2.30. The number of aryl methyl sites for hydroxylation is 1. The molecule has 2 aromatic carbocycles. The number of ether oxygens (including phenoxy) is 2. The first kappa shape index (κ1) is 24.3. The molecule has 4 aromatic rings. The first-order valence-electron chi connectivity index (χ1n) is 11.9. The number of carbonyl (C=O) groups excluding carboxylic acids is 1. The largest absolute Gasteiger partial charge is 0.490 e. The van der Waals surface area contributed by atoms with Gasteiger partial charge in [-0.05, 0) is 68.5 Å². The number of imidazole rings is 1. The van der Waals surface area contributed by atoms with Crippen molar-refractivity contribution in [1.29, 1.82) is 0 Å². The molecule has 186 valence electrons. The van der Waals surface area contributed by atoms with Gasteiger partial charge in [-0.1, -0.05) is 23.7 Å². The Balaban J connectivity index is 1.83. The Morgan fingerprint density at radius 1 is 1.31 bits per heavy atom. The highest BCUT2D eigenvalue weighted by Crippen LogP contribution is 2.42. The van der Waals surface area contributed by atoms with Crippen LogP contribution in [0.15, 0.2) is 42.7 Å². The van der Waals surface area contributed by atoms with E-state index in [2.05, 4.69) is 0 Å². The molecule has 3 heterocycles. The maximum absolute atomic E-state index is 15.3. The van der Waals surface area contributed by atoms with E-state index in [-0.39, 0.29) is 12.4 Å². The Labute approximate surface area is 213 Å². The lowest BCUT2D eigenvalue weighted by molar-refractivity contribution is -0.153. The van der Waals surface area contributed by atoms with Crippen LogP contribution in [0.25, 0.3) is 28.0 Å². The molecule has 0 saturated heterocycles. The molecule has 36 heavy (non-hydrogen) atoms. The summed E-state index contributed by atoms with van der Waals surface area (Å²) in [5.41, 5.74) is 5.56. The van der Waals surface area contributed by atoms with Gasteiger partial charge < -0.3 is 19.0 Å². The number of rotatable bonds is 5. The van der Waals surface area contributed by atoms with Gasteiger partial charge in [0.1, 0.15) is 5.65 Å². The van der Waals surface area contributed by atoms with Gasteiger partial charge >= 0.3 is 5.97 Å². The van der Waals surface area contributed by atoms with Crippen LogP contribution in [0, 0.1) is 19.7 Å². The number of halogens is 2. The van der Waals surface area contributed by atoms with Crippen molar-refractivity contribution in [2.24, 2.45) is 0 Å². The van der Waals surface area contributed by atoms with E-state index in [4.69, 9.17) is 26.1 Å². The van der Waals surface area contributed by atoms with Crippen molar-refractivity contribution >= 4 is 23.2 Å². The standard InChI is InChI=1S/C28H26ClFN2O4/c1-4-35-28(34)25(33)23-15(2)13-32-14-22(17-7-5-8-18(29)11-17)31-27(32)24(23)20-12-21(30)26-19(16(20)3)9-6-10-36-26/h5,7-8,11-14,25,33H,4,6,9-10H2,1-3H3/t25-/m0/s1. The molecule has 0 unspecified atom stereocenters. The molecule has 1 aliphatic heterocycles. The third-order valence-electron chi connectivity index (χ3n) is 6.59. The zero-order valence-corrected chi connectivity index (χ0v) is 21.0. The van der Waals surface area contributed by atoms with Gasteiger partial charge in [-0.3, -0.25) is 0 Å². The summed E-state index contributed by atoms with van der Waals surface area (Å²) in [7, 11) is 0. The maximum atomic E-state index is 15.3. The minimum absolute atomic E-state index is 0.124. The Bertz CT molecular complexity index is 1500. The van der Waals surface area contributed by atoms with Gasteiger partial charge in [0.05, 0.1) is 18.9 Å². The normalized spacial score (nSPS) is 13.8. The van der Waals surface area contributed by atoms with Gasteiger partial charge in [0.15, 0.2) is 17.7 Å². The number of benzene rings is 2. The lowest BCUT2D eigenvalue weighted by Gasteiger charge is -2.24. The predicted molar refractivity (Wildman–Crippen MR) is 136 cm³/mol. The second-order valence-electron chi connectivity index (χ2n) is 8.91. The van der Waals surface area contributed by atoms with E-state index in [9.17, 15) is 9.90 Å². The van der Waals surface area contributed by atoms with Gasteiger partial charge in [0, 0.05) is 39.7 Å². The summed E-state index contributed by atoms with van der Waals surface area (Å²) >= 11 is 6.21. The number of fused-ring (bicyclic) bond motifs is 2. The first-order chi connectivity index (χ1) is 17.3. The van der Waals surface area contributed by atoms with Gasteiger partial charge in [0.2, 0.25) is 0 Å². The number of aliphatic hydroxyl groups excluding tert-OH is 1. The number of pyridine rings is 1. The van der Waals surface area contributed by atoms with Crippen LogP contribution in [0.2, 0.25) is 5.02 Å². The van der Waals surface area contributed by atoms with Gasteiger partial charge in [-0.2, -0.15) is 0 Å². The smallest absolute Gasteiger partial charge is 0.339 e. The minimum atomic E-state index is -1.56. The van der Waals surface area contributed by atoms with E-state index in [1.165, 1.54) is 6.07 Å². The third kappa shape index (κ3) is 4.12. The number of esters is 1. The fraction of sp³-hybridized carbons (Fsp3) is 0.286. The lowest BCUT2D eigenvalue weighted by Crippen LogP contribution is -2.18. The van der Waals surface area contributed by atoms with Crippen molar-refractivity contribution in [3.05, 3.63) is 75.8 Å². The number of carbonyl (C=O) groups is 1. The van der Waals surface area contributed by atoms with Gasteiger partial charge in [0.25, 0.3) is 0 Å². The summed E-state index contributed by atoms with van der Waals surface area (Å²) in [5.74, 6) is -0.989. The van der Waals surface area contributed by atoms with E-state index in [1.54, 1.807) is 26.1 Å². The monoisotopic (exact) mass is 508 g/mol. The molecule has 5 rings (SSSR count). The highest BCUT2D eigenvalue weighted by molar-refractivity contribution is 6.30. The number of hydrogen-bond donors (Lipinski definition) is 1. The molecule has 0 radical (unpaired) electrons. The van der Waals surface area contributed by atoms with Crippen LogP contribution < -0.4 is 4.74 Å². The first-order valence-corrected chi connectivity index (χ1v) is 12.3. The maximum Gasteiger partial charge on any atom is 0.339 e. The van der Waals surface area contributed by atoms with Crippen LogP contribution in [-0.4, -0.2) is 33.7 Å². The Morgan fingerprint density at radius 3 is 2.86 bits per heavy atom. The molecule has 6 nitrogen and oxygen atoms in total. The SMILES string of the molecule is CCOC(=O)[C@@H](O)c1c(C)cn2cc(-c3cccc(Cl)c3)nc2c1-c1cc(F)c2c(c1C)CCCO2. The predicted octanol–water partition coefficient (Wildman–Crippen LogP) is 6.00. The number of aliphatic hydroxyl groups is 1. The average molecular weight is 509 g/mol. The second kappa shape index (κ2) is 9.56. The van der Waals surface area contributed by atoms with Crippen LogP contribution in [0.5, 0.6) is 5.75 Å². The number of hydrogen-bond acceptors (Lipinski definition) is 5. The van der Waals surface area contributed by atoms with Crippen LogP contribution in [0.3, 0.4) is 0 Å². The topological polar surface area (TPSA) is 73.1 Å². The van der Waals surface area contributed by atoms with Crippen molar-refractivity contribution < 1.29 is 23.8 Å². The van der Waals surface area contributed by atoms with E-state index < -0.39 is 17.9 Å². The molecule has 0 saturated carbocycles. The summed E-state index contributed by atoms with van der Waals surface area (Å²) in [6.07, 6.45) is 3.54. The summed E-state index contributed by atoms with van der Waals surface area (Å²) in [6, 6.07) is 8.74. The molecule has 8 heteroatoms. The highest BCUT2D eigenvalue weighted by atomic mass is 35.5. The molecular weight excluding hydrogens is 483 g/mol. The van der Waals surface area contributed by atoms with Crippen LogP contribution in [-0.2, 0) is 16.0 Å². The van der Waals surface area contributed by atoms with E-state index in [1.807, 2.05) is 35.7 Å². The Morgan fingerprint density at radius 2 is 2.11 bits per heavy atom. The van der Waals surface area contributed by atoms with E-state index in [0.717, 1.165) is 23.1 Å². The van der Waals surface area contributed by atoms with Gasteiger partial charge in [-0.25, -0.2) is 14.2 Å². The zero-order chi connectivity index (χ0) is 25.6. The van der Waals surface area contributed by atoms with E-state index >= 15 is 4.39 Å². The molecule has 1 N–H and O–H groups in total. The fourth-order valence-electron chi connectivity index (χ4n) is 4.93. The molecule has 0 amide bonds. The summed E-state index contributed by atoms with van der Waals surface area (Å²) in [5, 5.41) is 11.7. The molecule has 2 aromatic heterocycles. The van der Waals surface area contributed by atoms with Crippen LogP contribution >= 0.6 is 11.6 Å². The second-order valence-corrected chi connectivity index (χ2v) is 9.35. The molecule has 1 aliphatic rings. The van der Waals surface area contributed by atoms with Crippen LogP contribution in [0.1, 0.15) is 41.7 Å². The van der Waals surface area contributed by atoms with E-state index in [0.29, 0.717) is 51.6 Å². The van der Waals surface area contributed by atoms with Crippen molar-refractivity contribution in [1.82, 2.24) is 9.38 Å². The molecule has 0 spiro atoms. The molecule has 0 fully saturated rings. The Hall–Kier alpha value is -3.42. The minimum Gasteiger partial charge on any atom is -0.490 e. The summed E-state index contributed by atoms with van der Waals surface area (Å²) in [6.45, 7) is 5.97. The molecule has 0 bridgehead atoms. The van der Waals surface area contributed by atoms with Crippen LogP contribution in [0.4, 0.5) is 4.39 Å². The van der Waals surface area contributed by atoms with Gasteiger partial charge in [-0.15, -0.1) is 0 Å². The van der Waals surface area contributed by atoms with Crippen molar-refractivity contribution in [2.45, 2.75) is 39.7 Å². The average Bonchev–Trinajstić information content (AvgIpc) is 3.29. The number of nitrogens with zero attached hydrogens (tertiary/aromatic N) is 2. The Kier molecular flexibility index (Phi) is 6.45. The molecule has 0 aliphatic carbocycles. The quantitative estimate of drug-likeness (QED) is 0.335. The number of aromatic nitrogens is 2. The molecular formula is C28H26ClFN2O4. The van der Waals surface area contributed by atoms with Crippen molar-refractivity contribution in [3.8, 4) is 28.1 Å². The summed E-state index contributed by atoms with van der Waals surface area (Å²) < 4.78 is 27.9. The third-order valence-corrected chi connectivity index (χ3v) is 6.83. The zero-order valence-electron chi connectivity index (χ0n) is 20.3. The molecule has 1 atom stereocenters.